The summed E-state index contributed by atoms with van der Waals surface area (Å²) in [5.74, 6) is -0.0795. The Balaban J connectivity index is 2.12. The van der Waals surface area contributed by atoms with Gasteiger partial charge in [-0.25, -0.2) is 4.79 Å². The lowest BCUT2D eigenvalue weighted by Crippen LogP contribution is -2.39. The summed E-state index contributed by atoms with van der Waals surface area (Å²) in [5, 5.41) is 0. The van der Waals surface area contributed by atoms with Crippen molar-refractivity contribution in [1.29, 1.82) is 0 Å². The summed E-state index contributed by atoms with van der Waals surface area (Å²) in [4.78, 5) is 38.1. The number of hydrogen-bond donors (Lipinski definition) is 1. The number of nitrogens with zero attached hydrogens (tertiary/aromatic N) is 2. The Hall–Kier alpha value is -1.85. The van der Waals surface area contributed by atoms with E-state index in [2.05, 4.69) is 4.98 Å². The summed E-state index contributed by atoms with van der Waals surface area (Å²) in [7, 11) is 0. The van der Waals surface area contributed by atoms with Gasteiger partial charge in [-0.2, -0.15) is 0 Å². The van der Waals surface area contributed by atoms with E-state index >= 15 is 0 Å². The van der Waals surface area contributed by atoms with Gasteiger partial charge in [0.05, 0.1) is 0 Å². The molecule has 6 nitrogen and oxygen atoms in total. The first kappa shape index (κ1) is 11.6. The van der Waals surface area contributed by atoms with Crippen molar-refractivity contribution in [3.63, 3.8) is 0 Å². The van der Waals surface area contributed by atoms with Crippen LogP contribution in [0.25, 0.3) is 0 Å². The molecule has 0 atom stereocenters. The predicted molar refractivity (Wildman–Crippen MR) is 61.7 cm³/mol. The summed E-state index contributed by atoms with van der Waals surface area (Å²) >= 11 is 0. The fourth-order valence-corrected chi connectivity index (χ4v) is 1.83. The van der Waals surface area contributed by atoms with Crippen LogP contribution >= 0.6 is 0 Å². The van der Waals surface area contributed by atoms with E-state index < -0.39 is 11.2 Å². The number of carbonyl (C=O) groups excluding carboxylic acids is 1. The number of H-pyrrole nitrogens is 1. The Kier molecular flexibility index (Phi) is 3.12. The van der Waals surface area contributed by atoms with Crippen molar-refractivity contribution in [2.75, 3.05) is 6.54 Å². The maximum Gasteiger partial charge on any atom is 0.328 e. The zero-order valence-electron chi connectivity index (χ0n) is 9.68. The maximum atomic E-state index is 11.9. The lowest BCUT2D eigenvalue weighted by Gasteiger charge is -2.20. The summed E-state index contributed by atoms with van der Waals surface area (Å²) in [6.07, 6.45) is 3.43. The third kappa shape index (κ3) is 2.64. The standard InChI is InChI=1S/C11H15N3O3/c1-2-14(8-3-4-8)10(16)7-13-6-5-9(15)12-11(13)17/h5-6,8H,2-4,7H2,1H3,(H,12,15,17). The number of aromatic amines is 1. The number of likely N-dealkylation sites (N-methyl/N-ethyl adjacent to an activating group) is 1. The Labute approximate surface area is 97.9 Å². The van der Waals surface area contributed by atoms with Gasteiger partial charge in [-0.1, -0.05) is 0 Å². The van der Waals surface area contributed by atoms with E-state index in [1.54, 1.807) is 4.90 Å². The zero-order chi connectivity index (χ0) is 12.4. The Morgan fingerprint density at radius 2 is 2.24 bits per heavy atom. The Morgan fingerprint density at radius 3 is 2.76 bits per heavy atom. The molecule has 1 heterocycles. The molecule has 1 amide bonds. The normalized spacial score (nSPS) is 14.6. The van der Waals surface area contributed by atoms with Crippen LogP contribution in [-0.4, -0.2) is 32.9 Å². The lowest BCUT2D eigenvalue weighted by atomic mass is 10.4. The van der Waals surface area contributed by atoms with Crippen LogP contribution in [0.2, 0.25) is 0 Å². The fraction of sp³-hybridized carbons (Fsp3) is 0.545. The molecule has 2 rings (SSSR count). The highest BCUT2D eigenvalue weighted by molar-refractivity contribution is 5.76. The topological polar surface area (TPSA) is 75.2 Å². The minimum atomic E-state index is -0.544. The summed E-state index contributed by atoms with van der Waals surface area (Å²) in [6, 6.07) is 1.58. The average molecular weight is 237 g/mol. The quantitative estimate of drug-likeness (QED) is 0.770. The van der Waals surface area contributed by atoms with Crippen LogP contribution < -0.4 is 11.2 Å². The van der Waals surface area contributed by atoms with Crippen LogP contribution in [0.3, 0.4) is 0 Å². The number of aromatic nitrogens is 2. The van der Waals surface area contributed by atoms with E-state index in [-0.39, 0.29) is 12.5 Å². The van der Waals surface area contributed by atoms with Gasteiger partial charge < -0.3 is 4.90 Å². The smallest absolute Gasteiger partial charge is 0.328 e. The van der Waals surface area contributed by atoms with Crippen LogP contribution in [0.5, 0.6) is 0 Å². The average Bonchev–Trinajstić information content (AvgIpc) is 3.08. The van der Waals surface area contributed by atoms with E-state index in [1.807, 2.05) is 6.92 Å². The van der Waals surface area contributed by atoms with E-state index in [0.29, 0.717) is 12.6 Å². The van der Waals surface area contributed by atoms with Crippen LogP contribution in [0.1, 0.15) is 19.8 Å². The third-order valence-electron chi connectivity index (χ3n) is 2.85. The highest BCUT2D eigenvalue weighted by atomic mass is 16.2. The second-order valence-electron chi connectivity index (χ2n) is 4.15. The van der Waals surface area contributed by atoms with E-state index in [1.165, 1.54) is 16.8 Å². The second-order valence-corrected chi connectivity index (χ2v) is 4.15. The van der Waals surface area contributed by atoms with Gasteiger partial charge in [0, 0.05) is 24.8 Å². The molecule has 0 bridgehead atoms. The van der Waals surface area contributed by atoms with Gasteiger partial charge in [-0.05, 0) is 19.8 Å². The fourth-order valence-electron chi connectivity index (χ4n) is 1.83. The van der Waals surface area contributed by atoms with Crippen LogP contribution in [0.15, 0.2) is 21.9 Å². The van der Waals surface area contributed by atoms with Crippen LogP contribution in [0, 0.1) is 0 Å². The maximum absolute atomic E-state index is 11.9. The summed E-state index contributed by atoms with van der Waals surface area (Å²) < 4.78 is 1.22. The Morgan fingerprint density at radius 1 is 1.53 bits per heavy atom. The van der Waals surface area contributed by atoms with Crippen molar-refractivity contribution < 1.29 is 4.79 Å². The largest absolute Gasteiger partial charge is 0.338 e. The zero-order valence-corrected chi connectivity index (χ0v) is 9.68. The molecular weight excluding hydrogens is 222 g/mol. The first-order chi connectivity index (χ1) is 8.11. The molecule has 1 N–H and O–H groups in total. The molecule has 92 valence electrons. The first-order valence-corrected chi connectivity index (χ1v) is 5.71. The summed E-state index contributed by atoms with van der Waals surface area (Å²) in [5.41, 5.74) is -0.995. The molecule has 17 heavy (non-hydrogen) atoms. The minimum absolute atomic E-state index is 0.0139. The number of hydrogen-bond acceptors (Lipinski definition) is 3. The molecule has 6 heteroatoms. The van der Waals surface area contributed by atoms with Gasteiger partial charge in [-0.3, -0.25) is 19.1 Å². The molecule has 0 aliphatic heterocycles. The molecule has 1 fully saturated rings. The van der Waals surface area contributed by atoms with Crippen molar-refractivity contribution in [3.05, 3.63) is 33.1 Å². The number of rotatable bonds is 4. The third-order valence-corrected chi connectivity index (χ3v) is 2.85. The van der Waals surface area contributed by atoms with Crippen LogP contribution in [0.4, 0.5) is 0 Å². The number of nitrogens with one attached hydrogen (secondary N) is 1. The molecule has 0 spiro atoms. The van der Waals surface area contributed by atoms with Crippen molar-refractivity contribution in [2.24, 2.45) is 0 Å². The highest BCUT2D eigenvalue weighted by Crippen LogP contribution is 2.26. The lowest BCUT2D eigenvalue weighted by molar-refractivity contribution is -0.132. The molecule has 0 saturated heterocycles. The van der Waals surface area contributed by atoms with E-state index in [0.717, 1.165) is 12.8 Å². The SMILES string of the molecule is CCN(C(=O)Cn1ccc(=O)[nH]c1=O)C1CC1. The van der Waals surface area contributed by atoms with Crippen molar-refractivity contribution >= 4 is 5.91 Å². The molecule has 1 aliphatic rings. The first-order valence-electron chi connectivity index (χ1n) is 5.71. The Bertz CT molecular complexity index is 527. The molecule has 1 aromatic rings. The number of carbonyl (C=O) groups is 1. The highest BCUT2D eigenvalue weighted by Gasteiger charge is 2.31. The van der Waals surface area contributed by atoms with Crippen molar-refractivity contribution in [1.82, 2.24) is 14.5 Å². The molecule has 1 aromatic heterocycles. The van der Waals surface area contributed by atoms with Gasteiger partial charge >= 0.3 is 5.69 Å². The molecule has 1 saturated carbocycles. The van der Waals surface area contributed by atoms with Crippen molar-refractivity contribution in [2.45, 2.75) is 32.4 Å². The predicted octanol–water partition coefficient (Wildman–Crippen LogP) is -0.452. The van der Waals surface area contributed by atoms with E-state index in [9.17, 15) is 14.4 Å². The van der Waals surface area contributed by atoms with Gasteiger partial charge in [0.2, 0.25) is 5.91 Å². The minimum Gasteiger partial charge on any atom is -0.338 e. The van der Waals surface area contributed by atoms with Crippen LogP contribution in [-0.2, 0) is 11.3 Å². The van der Waals surface area contributed by atoms with Crippen molar-refractivity contribution in [3.8, 4) is 0 Å². The molecule has 0 radical (unpaired) electrons. The molecular formula is C11H15N3O3. The van der Waals surface area contributed by atoms with Gasteiger partial charge in [-0.15, -0.1) is 0 Å². The van der Waals surface area contributed by atoms with E-state index in [4.69, 9.17) is 0 Å². The van der Waals surface area contributed by atoms with Gasteiger partial charge in [0.15, 0.2) is 0 Å². The van der Waals surface area contributed by atoms with Gasteiger partial charge in [0.1, 0.15) is 6.54 Å². The monoisotopic (exact) mass is 237 g/mol. The van der Waals surface area contributed by atoms with Gasteiger partial charge in [0.25, 0.3) is 5.56 Å². The second kappa shape index (κ2) is 4.57. The number of amides is 1. The molecule has 1 aliphatic carbocycles. The summed E-state index contributed by atoms with van der Waals surface area (Å²) in [6.45, 7) is 2.56. The molecule has 0 unspecified atom stereocenters. The molecule has 0 aromatic carbocycles.